The molecule has 0 spiro atoms. The van der Waals surface area contributed by atoms with E-state index in [-0.39, 0.29) is 28.9 Å². The molecule has 0 bridgehead atoms. The van der Waals surface area contributed by atoms with Gasteiger partial charge in [-0.2, -0.15) is 0 Å². The van der Waals surface area contributed by atoms with Gasteiger partial charge in [0.15, 0.2) is 18.1 Å². The molecule has 3 aromatic rings. The number of carboxylic acid groups (broad SMARTS) is 1. The van der Waals surface area contributed by atoms with E-state index in [0.717, 1.165) is 33.6 Å². The van der Waals surface area contributed by atoms with Gasteiger partial charge in [-0.05, 0) is 42.3 Å². The molecule has 0 aliphatic carbocycles. The van der Waals surface area contributed by atoms with Gasteiger partial charge in [0.25, 0.3) is 5.91 Å². The van der Waals surface area contributed by atoms with Gasteiger partial charge in [0, 0.05) is 16.5 Å². The van der Waals surface area contributed by atoms with Crippen LogP contribution in [-0.4, -0.2) is 64.2 Å². The molecule has 2 unspecified atom stereocenters. The number of nitrogens with zero attached hydrogens (tertiary/aromatic N) is 1. The van der Waals surface area contributed by atoms with E-state index in [2.05, 4.69) is 10.3 Å². The van der Waals surface area contributed by atoms with E-state index in [1.54, 1.807) is 24.3 Å². The number of carboxylic acids is 1. The summed E-state index contributed by atoms with van der Waals surface area (Å²) in [7, 11) is 1.43. The predicted molar refractivity (Wildman–Crippen MR) is 143 cm³/mol. The highest BCUT2D eigenvalue weighted by molar-refractivity contribution is 8.00. The van der Waals surface area contributed by atoms with Crippen molar-refractivity contribution in [1.29, 1.82) is 0 Å². The van der Waals surface area contributed by atoms with Crippen LogP contribution in [0.1, 0.15) is 21.9 Å². The number of aryl methyl sites for hydroxylation is 1. The number of amides is 3. The van der Waals surface area contributed by atoms with Crippen LogP contribution in [0, 0.1) is 12.8 Å². The van der Waals surface area contributed by atoms with Crippen LogP contribution >= 0.6 is 23.1 Å². The summed E-state index contributed by atoms with van der Waals surface area (Å²) >= 11 is 2.00. The smallest absolute Gasteiger partial charge is 0.323 e. The summed E-state index contributed by atoms with van der Waals surface area (Å²) in [5.41, 5.74) is 2.22. The highest BCUT2D eigenvalue weighted by Crippen LogP contribution is 2.53. The van der Waals surface area contributed by atoms with E-state index < -0.39 is 41.4 Å². The van der Waals surface area contributed by atoms with E-state index in [0.29, 0.717) is 21.2 Å². The summed E-state index contributed by atoms with van der Waals surface area (Å²) in [4.78, 5) is 66.0. The van der Waals surface area contributed by atoms with E-state index in [9.17, 15) is 29.1 Å². The normalized spacial score (nSPS) is 19.8. The van der Waals surface area contributed by atoms with Crippen molar-refractivity contribution in [2.45, 2.75) is 23.1 Å². The second-order valence-corrected chi connectivity index (χ2v) is 11.2. The van der Waals surface area contributed by atoms with Crippen molar-refractivity contribution in [3.05, 3.63) is 68.1 Å². The molecule has 11 nitrogen and oxygen atoms in total. The number of carbonyl (C=O) groups excluding carboxylic acids is 3. The SMILES string of the molecule is COc1cc([C@H]2c3sc(=O)[nH]c3SC3C(=O)N(CC(=O)O)C(=O)C32)ccc1OCC(=O)Nc1cccc(C)c1. The zero-order chi connectivity index (χ0) is 27.8. The molecule has 3 atom stereocenters. The first-order valence-corrected chi connectivity index (χ1v) is 13.5. The van der Waals surface area contributed by atoms with Gasteiger partial charge in [0.05, 0.1) is 18.1 Å². The van der Waals surface area contributed by atoms with Crippen LogP contribution < -0.4 is 19.7 Å². The fourth-order valence-corrected chi connectivity index (χ4v) is 7.32. The zero-order valence-corrected chi connectivity index (χ0v) is 22.4. The largest absolute Gasteiger partial charge is 0.493 e. The van der Waals surface area contributed by atoms with Crippen molar-refractivity contribution in [2.75, 3.05) is 25.6 Å². The van der Waals surface area contributed by atoms with Crippen LogP contribution in [0.5, 0.6) is 11.5 Å². The van der Waals surface area contributed by atoms with Crippen LogP contribution in [0.15, 0.2) is 52.3 Å². The molecule has 0 radical (unpaired) electrons. The van der Waals surface area contributed by atoms with Gasteiger partial charge < -0.3 is 24.9 Å². The van der Waals surface area contributed by atoms with Gasteiger partial charge >= 0.3 is 10.8 Å². The van der Waals surface area contributed by atoms with Crippen molar-refractivity contribution in [3.63, 3.8) is 0 Å². The van der Waals surface area contributed by atoms with Gasteiger partial charge in [-0.3, -0.25) is 28.9 Å². The summed E-state index contributed by atoms with van der Waals surface area (Å²) in [5.74, 6) is -3.91. The van der Waals surface area contributed by atoms with Crippen molar-refractivity contribution in [2.24, 2.45) is 5.92 Å². The summed E-state index contributed by atoms with van der Waals surface area (Å²) < 4.78 is 11.2. The zero-order valence-electron chi connectivity index (χ0n) is 20.8. The average Bonchev–Trinajstić information content (AvgIpc) is 3.37. The van der Waals surface area contributed by atoms with Gasteiger partial charge in [-0.1, -0.05) is 41.3 Å². The second-order valence-electron chi connectivity index (χ2n) is 9.02. The second kappa shape index (κ2) is 10.6. The Morgan fingerprint density at radius 1 is 1.10 bits per heavy atom. The molecule has 1 fully saturated rings. The molecule has 2 aliphatic rings. The first kappa shape index (κ1) is 26.5. The number of methoxy groups -OCH3 is 1. The maximum Gasteiger partial charge on any atom is 0.323 e. The Labute approximate surface area is 230 Å². The number of rotatable bonds is 8. The highest BCUT2D eigenvalue weighted by Gasteiger charge is 2.56. The Kier molecular flexibility index (Phi) is 7.19. The fourth-order valence-electron chi connectivity index (χ4n) is 4.78. The van der Waals surface area contributed by atoms with Crippen molar-refractivity contribution in [1.82, 2.24) is 9.88 Å². The molecule has 2 aliphatic heterocycles. The number of nitrogens with one attached hydrogen (secondary N) is 2. The number of thioether (sulfide) groups is 1. The van der Waals surface area contributed by atoms with Gasteiger partial charge in [-0.15, -0.1) is 0 Å². The number of aromatic nitrogens is 1. The number of H-pyrrole nitrogens is 1. The standard InChI is InChI=1S/C26H23N3O8S2/c1-12-4-3-5-14(8-12)27-17(30)11-37-15-7-6-13(9-16(15)36-2)19-20-22(38-23-21(19)39-26(35)28-23)25(34)29(24(20)33)10-18(31)32/h3-9,19-20,22H,10-11H2,1-2H3,(H,27,30)(H,28,35)(H,31,32)/t19-,20?,22?/m1/s1. The molecule has 3 amide bonds. The molecule has 1 saturated heterocycles. The Morgan fingerprint density at radius 3 is 2.62 bits per heavy atom. The maximum atomic E-state index is 13.3. The lowest BCUT2D eigenvalue weighted by molar-refractivity contribution is -0.149. The molecular weight excluding hydrogens is 546 g/mol. The van der Waals surface area contributed by atoms with E-state index in [1.165, 1.54) is 7.11 Å². The van der Waals surface area contributed by atoms with Crippen molar-refractivity contribution < 1.29 is 33.8 Å². The lowest BCUT2D eigenvalue weighted by atomic mass is 9.83. The number of thiazole rings is 1. The highest BCUT2D eigenvalue weighted by atomic mass is 32.2. The van der Waals surface area contributed by atoms with Crippen LogP contribution in [-0.2, 0) is 19.2 Å². The third-order valence-electron chi connectivity index (χ3n) is 6.42. The number of carbonyl (C=O) groups is 4. The monoisotopic (exact) mass is 569 g/mol. The third kappa shape index (κ3) is 5.14. The number of aliphatic carboxylic acids is 1. The summed E-state index contributed by atoms with van der Waals surface area (Å²) in [6.45, 7) is 0.900. The van der Waals surface area contributed by atoms with Crippen molar-refractivity contribution >= 4 is 52.5 Å². The van der Waals surface area contributed by atoms with Crippen LogP contribution in [0.2, 0.25) is 0 Å². The minimum Gasteiger partial charge on any atom is -0.493 e. The third-order valence-corrected chi connectivity index (χ3v) is 8.82. The van der Waals surface area contributed by atoms with Crippen LogP contribution in [0.3, 0.4) is 0 Å². The van der Waals surface area contributed by atoms with Crippen LogP contribution in [0.25, 0.3) is 0 Å². The molecule has 39 heavy (non-hydrogen) atoms. The van der Waals surface area contributed by atoms with E-state index in [4.69, 9.17) is 9.47 Å². The number of likely N-dealkylation sites (tertiary alicyclic amines) is 1. The van der Waals surface area contributed by atoms with Crippen molar-refractivity contribution in [3.8, 4) is 11.5 Å². The van der Waals surface area contributed by atoms with E-state index in [1.807, 2.05) is 25.1 Å². The van der Waals surface area contributed by atoms with Gasteiger partial charge in [-0.25, -0.2) is 0 Å². The number of hydrogen-bond donors (Lipinski definition) is 3. The fraction of sp³-hybridized carbons (Fsp3) is 0.269. The lowest BCUT2D eigenvalue weighted by Gasteiger charge is -2.30. The molecular formula is C26H23N3O8S2. The Balaban J connectivity index is 1.42. The molecule has 13 heteroatoms. The molecule has 202 valence electrons. The quantitative estimate of drug-likeness (QED) is 0.347. The average molecular weight is 570 g/mol. The minimum absolute atomic E-state index is 0.283. The summed E-state index contributed by atoms with van der Waals surface area (Å²) in [5, 5.41) is 11.6. The lowest BCUT2D eigenvalue weighted by Crippen LogP contribution is -2.36. The predicted octanol–water partition coefficient (Wildman–Crippen LogP) is 2.45. The van der Waals surface area contributed by atoms with E-state index >= 15 is 0 Å². The summed E-state index contributed by atoms with van der Waals surface area (Å²) in [6, 6.07) is 12.3. The Hall–Kier alpha value is -4.10. The summed E-state index contributed by atoms with van der Waals surface area (Å²) in [6.07, 6.45) is 0. The molecule has 3 heterocycles. The number of benzene rings is 2. The number of anilines is 1. The first-order valence-electron chi connectivity index (χ1n) is 11.8. The number of ether oxygens (including phenoxy) is 2. The molecule has 0 saturated carbocycles. The maximum absolute atomic E-state index is 13.3. The first-order chi connectivity index (χ1) is 18.7. The minimum atomic E-state index is -1.30. The van der Waals surface area contributed by atoms with Gasteiger partial charge in [0.2, 0.25) is 11.8 Å². The number of imide groups is 1. The van der Waals surface area contributed by atoms with Gasteiger partial charge in [0.1, 0.15) is 11.8 Å². The topological polar surface area (TPSA) is 155 Å². The molecule has 3 N–H and O–H groups in total. The van der Waals surface area contributed by atoms with Crippen LogP contribution in [0.4, 0.5) is 5.69 Å². The molecule has 2 aromatic carbocycles. The Morgan fingerprint density at radius 2 is 1.90 bits per heavy atom. The Bertz CT molecular complexity index is 1550. The molecule has 1 aromatic heterocycles. The number of aromatic amines is 1. The number of hydrogen-bond acceptors (Lipinski definition) is 9. The number of fused-ring (bicyclic) bond motifs is 2. The molecule has 5 rings (SSSR count).